The molecule has 0 aromatic rings. The quantitative estimate of drug-likeness (QED) is 0.0222. The standard InChI is InChI=1S/C68H132O17P2/c1-9-60(7)46-38-30-22-15-11-12-16-23-32-40-48-65(70)78-54-63(85-68(73)51-43-35-25-19-18-21-29-37-45-59(5)6)56-82-86(74,75)80-52-62(69)53-81-87(76,77)83-57-64(55-79-66(71)49-41-33-27-26-31-39-47-61(8)10-2)84-67(72)50-42-34-24-17-13-14-20-28-36-44-58(3)4/h58-64,69H,9-57H2,1-8H3,(H,74,75)(H,76,77)/t60?,61?,62-,63-,64-/m1/s1. The molecule has 0 aromatic carbocycles. The SMILES string of the molecule is CCC(C)CCCCCCCCCCCCC(=O)OC[C@H](COP(=O)(O)OC[C@@H](O)COP(=O)(O)OC[C@@H](COC(=O)CCCCCCCCC(C)CC)OC(=O)CCCCCCCCCCCC(C)C)OC(=O)CCCCCCCCCCC(C)C. The van der Waals surface area contributed by atoms with Crippen LogP contribution in [0, 0.1) is 23.7 Å². The highest BCUT2D eigenvalue weighted by atomic mass is 31.2. The van der Waals surface area contributed by atoms with Gasteiger partial charge in [-0.2, -0.15) is 0 Å². The van der Waals surface area contributed by atoms with Crippen LogP contribution < -0.4 is 0 Å². The van der Waals surface area contributed by atoms with Crippen LogP contribution in [0.4, 0.5) is 0 Å². The number of ether oxygens (including phenoxy) is 4. The van der Waals surface area contributed by atoms with E-state index in [4.69, 9.17) is 37.0 Å². The van der Waals surface area contributed by atoms with Crippen LogP contribution in [-0.2, 0) is 65.4 Å². The fourth-order valence-corrected chi connectivity index (χ4v) is 11.7. The van der Waals surface area contributed by atoms with Gasteiger partial charge in [0.2, 0.25) is 0 Å². The van der Waals surface area contributed by atoms with Gasteiger partial charge in [-0.3, -0.25) is 37.3 Å². The van der Waals surface area contributed by atoms with E-state index < -0.39 is 97.5 Å². The maximum Gasteiger partial charge on any atom is 0.472 e. The molecule has 87 heavy (non-hydrogen) atoms. The molecule has 0 aliphatic carbocycles. The van der Waals surface area contributed by atoms with Crippen LogP contribution in [0.3, 0.4) is 0 Å². The first-order valence-corrected chi connectivity index (χ1v) is 38.3. The van der Waals surface area contributed by atoms with Crippen molar-refractivity contribution in [3.05, 3.63) is 0 Å². The largest absolute Gasteiger partial charge is 0.472 e. The van der Waals surface area contributed by atoms with E-state index >= 15 is 0 Å². The van der Waals surface area contributed by atoms with Crippen molar-refractivity contribution in [2.45, 2.75) is 350 Å². The summed E-state index contributed by atoms with van der Waals surface area (Å²) in [7, 11) is -9.90. The third-order valence-corrected chi connectivity index (χ3v) is 18.2. The highest BCUT2D eigenvalue weighted by molar-refractivity contribution is 7.47. The molecule has 516 valence electrons. The molecule has 0 fully saturated rings. The molecule has 0 aromatic heterocycles. The summed E-state index contributed by atoms with van der Waals surface area (Å²) in [6.07, 6.45) is 38.9. The van der Waals surface area contributed by atoms with Gasteiger partial charge in [-0.05, 0) is 49.4 Å². The highest BCUT2D eigenvalue weighted by Crippen LogP contribution is 2.45. The Bertz CT molecular complexity index is 1730. The summed E-state index contributed by atoms with van der Waals surface area (Å²) in [5.41, 5.74) is 0. The first-order valence-electron chi connectivity index (χ1n) is 35.3. The van der Waals surface area contributed by atoms with Crippen molar-refractivity contribution in [2.75, 3.05) is 39.6 Å². The van der Waals surface area contributed by atoms with Gasteiger partial charge < -0.3 is 33.8 Å². The van der Waals surface area contributed by atoms with Crippen LogP contribution in [-0.4, -0.2) is 96.7 Å². The molecular formula is C68H132O17P2. The van der Waals surface area contributed by atoms with Gasteiger partial charge in [-0.15, -0.1) is 0 Å². The van der Waals surface area contributed by atoms with E-state index in [2.05, 4.69) is 55.4 Å². The number of esters is 4. The third kappa shape index (κ3) is 60.1. The van der Waals surface area contributed by atoms with Crippen molar-refractivity contribution in [3.8, 4) is 0 Å². The maximum atomic E-state index is 13.0. The van der Waals surface area contributed by atoms with Crippen LogP contribution in [0.1, 0.15) is 331 Å². The molecule has 17 nitrogen and oxygen atoms in total. The Morgan fingerprint density at radius 1 is 0.322 bits per heavy atom. The zero-order valence-corrected chi connectivity index (χ0v) is 58.4. The molecule has 7 atom stereocenters. The van der Waals surface area contributed by atoms with Crippen molar-refractivity contribution >= 4 is 39.5 Å². The Balaban J connectivity index is 5.26. The number of hydrogen-bond acceptors (Lipinski definition) is 15. The number of carbonyl (C=O) groups is 4. The molecule has 0 saturated carbocycles. The number of phosphoric ester groups is 2. The Labute approximate surface area is 530 Å². The second kappa shape index (κ2) is 57.9. The Morgan fingerprint density at radius 3 is 0.816 bits per heavy atom. The fraction of sp³-hybridized carbons (Fsp3) is 0.941. The molecule has 0 aliphatic heterocycles. The summed E-state index contributed by atoms with van der Waals surface area (Å²) in [5.74, 6) is 0.860. The molecular weight excluding hydrogens is 1150 g/mol. The topological polar surface area (TPSA) is 237 Å². The van der Waals surface area contributed by atoms with E-state index in [0.29, 0.717) is 25.7 Å². The molecule has 4 unspecified atom stereocenters. The molecule has 3 N–H and O–H groups in total. The number of unbranched alkanes of at least 4 members (excludes halogenated alkanes) is 29. The summed E-state index contributed by atoms with van der Waals surface area (Å²) >= 11 is 0. The third-order valence-electron chi connectivity index (χ3n) is 16.3. The summed E-state index contributed by atoms with van der Waals surface area (Å²) in [5, 5.41) is 10.6. The minimum absolute atomic E-state index is 0.104. The molecule has 0 rings (SSSR count). The molecule has 0 radical (unpaired) electrons. The van der Waals surface area contributed by atoms with E-state index in [9.17, 15) is 43.2 Å². The van der Waals surface area contributed by atoms with Gasteiger partial charge in [0.05, 0.1) is 26.4 Å². The summed E-state index contributed by atoms with van der Waals surface area (Å²) in [6.45, 7) is 14.1. The minimum atomic E-state index is -4.95. The van der Waals surface area contributed by atoms with Crippen LogP contribution in [0.25, 0.3) is 0 Å². The van der Waals surface area contributed by atoms with E-state index in [1.165, 1.54) is 128 Å². The average Bonchev–Trinajstić information content (AvgIpc) is 3.69. The lowest BCUT2D eigenvalue weighted by Gasteiger charge is -2.21. The molecule has 0 spiro atoms. The summed E-state index contributed by atoms with van der Waals surface area (Å²) in [4.78, 5) is 72.4. The van der Waals surface area contributed by atoms with E-state index in [0.717, 1.165) is 120 Å². The van der Waals surface area contributed by atoms with Crippen LogP contribution in [0.15, 0.2) is 0 Å². The van der Waals surface area contributed by atoms with Gasteiger partial charge in [0.15, 0.2) is 12.2 Å². The van der Waals surface area contributed by atoms with Crippen molar-refractivity contribution in [3.63, 3.8) is 0 Å². The molecule has 0 bridgehead atoms. The predicted octanol–water partition coefficient (Wildman–Crippen LogP) is 18.9. The summed E-state index contributed by atoms with van der Waals surface area (Å²) in [6, 6.07) is 0. The summed E-state index contributed by atoms with van der Waals surface area (Å²) < 4.78 is 68.2. The molecule has 19 heteroatoms. The van der Waals surface area contributed by atoms with Gasteiger partial charge >= 0.3 is 39.5 Å². The first-order chi connectivity index (χ1) is 41.7. The van der Waals surface area contributed by atoms with Gasteiger partial charge in [-0.25, -0.2) is 9.13 Å². The Hall–Kier alpha value is -1.94. The van der Waals surface area contributed by atoms with Gasteiger partial charge in [-0.1, -0.05) is 280 Å². The second-order valence-corrected chi connectivity index (χ2v) is 28.9. The minimum Gasteiger partial charge on any atom is -0.462 e. The lowest BCUT2D eigenvalue weighted by atomic mass is 9.99. The normalized spacial score (nSPS) is 15.0. The lowest BCUT2D eigenvalue weighted by Crippen LogP contribution is -2.30. The molecule has 0 heterocycles. The molecule has 0 aliphatic rings. The Morgan fingerprint density at radius 2 is 0.552 bits per heavy atom. The highest BCUT2D eigenvalue weighted by Gasteiger charge is 2.30. The van der Waals surface area contributed by atoms with Crippen molar-refractivity contribution < 1.29 is 80.2 Å². The lowest BCUT2D eigenvalue weighted by molar-refractivity contribution is -0.161. The number of phosphoric acid groups is 2. The zero-order valence-electron chi connectivity index (χ0n) is 56.6. The smallest absolute Gasteiger partial charge is 0.462 e. The number of aliphatic hydroxyl groups is 1. The maximum absolute atomic E-state index is 13.0. The van der Waals surface area contributed by atoms with Crippen molar-refractivity contribution in [1.29, 1.82) is 0 Å². The molecule has 0 amide bonds. The van der Waals surface area contributed by atoms with Gasteiger partial charge in [0.1, 0.15) is 19.3 Å². The Kier molecular flexibility index (Phi) is 56.6. The van der Waals surface area contributed by atoms with Gasteiger partial charge in [0.25, 0.3) is 0 Å². The van der Waals surface area contributed by atoms with E-state index in [-0.39, 0.29) is 25.7 Å². The fourth-order valence-electron chi connectivity index (χ4n) is 10.1. The monoisotopic (exact) mass is 1280 g/mol. The van der Waals surface area contributed by atoms with Crippen molar-refractivity contribution in [1.82, 2.24) is 0 Å². The van der Waals surface area contributed by atoms with Crippen LogP contribution in [0.5, 0.6) is 0 Å². The average molecular weight is 1280 g/mol. The number of hydrogen-bond donors (Lipinski definition) is 3. The zero-order chi connectivity index (χ0) is 64.7. The number of carbonyl (C=O) groups excluding carboxylic acids is 4. The van der Waals surface area contributed by atoms with Crippen molar-refractivity contribution in [2.24, 2.45) is 23.7 Å². The number of aliphatic hydroxyl groups excluding tert-OH is 1. The molecule has 0 saturated heterocycles. The van der Waals surface area contributed by atoms with E-state index in [1.54, 1.807) is 0 Å². The first kappa shape index (κ1) is 85.1. The second-order valence-electron chi connectivity index (χ2n) is 26.0. The van der Waals surface area contributed by atoms with Crippen LogP contribution >= 0.6 is 15.6 Å². The number of rotatable bonds is 65. The van der Waals surface area contributed by atoms with E-state index in [1.807, 2.05) is 0 Å². The van der Waals surface area contributed by atoms with Crippen LogP contribution in [0.2, 0.25) is 0 Å². The van der Waals surface area contributed by atoms with Gasteiger partial charge in [0, 0.05) is 25.7 Å². The predicted molar refractivity (Wildman–Crippen MR) is 349 cm³/mol.